The van der Waals surface area contributed by atoms with E-state index in [4.69, 9.17) is 0 Å². The highest BCUT2D eigenvalue weighted by Gasteiger charge is 2.35. The quantitative estimate of drug-likeness (QED) is 0.565. The minimum absolute atomic E-state index is 0.0534. The summed E-state index contributed by atoms with van der Waals surface area (Å²) in [5.41, 5.74) is 1.47. The maximum absolute atomic E-state index is 11.8. The van der Waals surface area contributed by atoms with Crippen LogP contribution in [0.3, 0.4) is 0 Å². The number of carbonyl (C=O) groups excluding carboxylic acids is 1. The van der Waals surface area contributed by atoms with E-state index >= 15 is 0 Å². The third-order valence-electron chi connectivity index (χ3n) is 3.75. The Balaban J connectivity index is 2.50. The summed E-state index contributed by atoms with van der Waals surface area (Å²) in [4.78, 5) is 11.8. The first-order chi connectivity index (χ1) is 9.61. The lowest BCUT2D eigenvalue weighted by atomic mass is 9.70. The molecule has 1 nitrogen and oxygen atoms in total. The number of benzene rings is 2. The van der Waals surface area contributed by atoms with Crippen LogP contribution in [0.25, 0.3) is 0 Å². The van der Waals surface area contributed by atoms with E-state index < -0.39 is 5.41 Å². The Morgan fingerprint density at radius 3 is 2.20 bits per heavy atom. The van der Waals surface area contributed by atoms with Gasteiger partial charge in [-0.2, -0.15) is 0 Å². The molecule has 0 bridgehead atoms. The van der Waals surface area contributed by atoms with Crippen molar-refractivity contribution in [3.8, 4) is 0 Å². The van der Waals surface area contributed by atoms with E-state index in [1.807, 2.05) is 67.6 Å². The first-order valence-corrected chi connectivity index (χ1v) is 7.31. The van der Waals surface area contributed by atoms with Gasteiger partial charge in [-0.1, -0.05) is 64.5 Å². The Morgan fingerprint density at radius 1 is 1.10 bits per heavy atom. The van der Waals surface area contributed by atoms with E-state index in [-0.39, 0.29) is 5.92 Å². The Kier molecular flexibility index (Phi) is 4.56. The first-order valence-electron chi connectivity index (χ1n) is 6.51. The molecule has 0 spiro atoms. The molecule has 2 heteroatoms. The van der Waals surface area contributed by atoms with E-state index in [1.54, 1.807) is 0 Å². The standard InChI is InChI=1S/C18H17BrO/c1-3-17(14-7-5-4-6-8-14)18(2,13-20)15-9-11-16(19)12-10-15/h3-13,17H,1H2,2H3/t17-,18+/m0/s1. The van der Waals surface area contributed by atoms with Crippen LogP contribution in [0.4, 0.5) is 0 Å². The highest BCUT2D eigenvalue weighted by Crippen LogP contribution is 2.38. The van der Waals surface area contributed by atoms with Crippen molar-refractivity contribution < 1.29 is 4.79 Å². The molecule has 2 rings (SSSR count). The summed E-state index contributed by atoms with van der Waals surface area (Å²) in [6.07, 6.45) is 2.88. The normalized spacial score (nSPS) is 15.1. The summed E-state index contributed by atoms with van der Waals surface area (Å²) in [6, 6.07) is 17.9. The molecule has 0 fully saturated rings. The zero-order chi connectivity index (χ0) is 14.6. The number of allylic oxidation sites excluding steroid dienone is 1. The van der Waals surface area contributed by atoms with Crippen molar-refractivity contribution in [1.82, 2.24) is 0 Å². The van der Waals surface area contributed by atoms with Crippen molar-refractivity contribution >= 4 is 22.2 Å². The van der Waals surface area contributed by atoms with Crippen LogP contribution in [0.1, 0.15) is 24.0 Å². The lowest BCUT2D eigenvalue weighted by molar-refractivity contribution is -0.112. The van der Waals surface area contributed by atoms with E-state index in [0.717, 1.165) is 21.9 Å². The van der Waals surface area contributed by atoms with Gasteiger partial charge in [-0.15, -0.1) is 6.58 Å². The smallest absolute Gasteiger partial charge is 0.131 e. The molecule has 0 radical (unpaired) electrons. The van der Waals surface area contributed by atoms with Crippen LogP contribution >= 0.6 is 15.9 Å². The second-order valence-corrected chi connectivity index (χ2v) is 5.95. The highest BCUT2D eigenvalue weighted by molar-refractivity contribution is 9.10. The number of hydrogen-bond acceptors (Lipinski definition) is 1. The molecular weight excluding hydrogens is 312 g/mol. The van der Waals surface area contributed by atoms with Crippen LogP contribution in [0.15, 0.2) is 71.7 Å². The van der Waals surface area contributed by atoms with Gasteiger partial charge in [-0.3, -0.25) is 0 Å². The second kappa shape index (κ2) is 6.19. The molecule has 102 valence electrons. The summed E-state index contributed by atoms with van der Waals surface area (Å²) in [5.74, 6) is -0.0534. The fraction of sp³-hybridized carbons (Fsp3) is 0.167. The highest BCUT2D eigenvalue weighted by atomic mass is 79.9. The summed E-state index contributed by atoms with van der Waals surface area (Å²) in [5, 5.41) is 0. The minimum atomic E-state index is -0.621. The van der Waals surface area contributed by atoms with Crippen molar-refractivity contribution in [2.24, 2.45) is 0 Å². The predicted molar refractivity (Wildman–Crippen MR) is 86.9 cm³/mol. The maximum Gasteiger partial charge on any atom is 0.131 e. The maximum atomic E-state index is 11.8. The van der Waals surface area contributed by atoms with Gasteiger partial charge < -0.3 is 4.79 Å². The molecule has 0 aliphatic carbocycles. The molecule has 0 saturated carbocycles. The summed E-state index contributed by atoms with van der Waals surface area (Å²) < 4.78 is 1.00. The van der Waals surface area contributed by atoms with Crippen LogP contribution < -0.4 is 0 Å². The van der Waals surface area contributed by atoms with E-state index in [1.165, 1.54) is 0 Å². The summed E-state index contributed by atoms with van der Waals surface area (Å²) in [6.45, 7) is 5.89. The van der Waals surface area contributed by atoms with Crippen molar-refractivity contribution in [2.75, 3.05) is 0 Å². The van der Waals surface area contributed by atoms with E-state index in [9.17, 15) is 4.79 Å². The van der Waals surface area contributed by atoms with E-state index in [2.05, 4.69) is 22.5 Å². The molecule has 0 amide bonds. The average molecular weight is 329 g/mol. The number of carbonyl (C=O) groups is 1. The zero-order valence-corrected chi connectivity index (χ0v) is 13.0. The van der Waals surface area contributed by atoms with Gasteiger partial charge in [0.2, 0.25) is 0 Å². The average Bonchev–Trinajstić information content (AvgIpc) is 2.49. The monoisotopic (exact) mass is 328 g/mol. The van der Waals surface area contributed by atoms with Gasteiger partial charge in [0.1, 0.15) is 6.29 Å². The predicted octanol–water partition coefficient (Wildman–Crippen LogP) is 4.88. The van der Waals surface area contributed by atoms with Gasteiger partial charge in [0.05, 0.1) is 5.41 Å². The van der Waals surface area contributed by atoms with Crippen molar-refractivity contribution in [2.45, 2.75) is 18.3 Å². The molecule has 2 aromatic carbocycles. The first kappa shape index (κ1) is 14.7. The molecular formula is C18H17BrO. The van der Waals surface area contributed by atoms with Gasteiger partial charge in [0.15, 0.2) is 0 Å². The third kappa shape index (κ3) is 2.75. The number of rotatable bonds is 5. The van der Waals surface area contributed by atoms with Gasteiger partial charge >= 0.3 is 0 Å². The van der Waals surface area contributed by atoms with Crippen LogP contribution in [0.2, 0.25) is 0 Å². The Labute approximate surface area is 128 Å². The second-order valence-electron chi connectivity index (χ2n) is 5.03. The molecule has 2 atom stereocenters. The molecule has 0 aliphatic heterocycles. The fourth-order valence-electron chi connectivity index (χ4n) is 2.52. The van der Waals surface area contributed by atoms with Gasteiger partial charge in [0.25, 0.3) is 0 Å². The summed E-state index contributed by atoms with van der Waals surface area (Å²) in [7, 11) is 0. The Hall–Kier alpha value is -1.67. The molecule has 0 aliphatic rings. The third-order valence-corrected chi connectivity index (χ3v) is 4.28. The molecule has 2 aromatic rings. The SMILES string of the molecule is C=C[C@@H](c1ccccc1)[C@](C)(C=O)c1ccc(Br)cc1. The molecule has 0 unspecified atom stereocenters. The lowest BCUT2D eigenvalue weighted by Gasteiger charge is -2.32. The van der Waals surface area contributed by atoms with Gasteiger partial charge in [-0.05, 0) is 30.2 Å². The molecule has 0 aromatic heterocycles. The lowest BCUT2D eigenvalue weighted by Crippen LogP contribution is -2.31. The van der Waals surface area contributed by atoms with E-state index in [0.29, 0.717) is 0 Å². The Morgan fingerprint density at radius 2 is 1.70 bits per heavy atom. The molecule has 0 heterocycles. The zero-order valence-electron chi connectivity index (χ0n) is 11.4. The van der Waals surface area contributed by atoms with Gasteiger partial charge in [-0.25, -0.2) is 0 Å². The number of hydrogen-bond donors (Lipinski definition) is 0. The molecule has 0 saturated heterocycles. The largest absolute Gasteiger partial charge is 0.302 e. The Bertz CT molecular complexity index is 589. The molecule has 20 heavy (non-hydrogen) atoms. The van der Waals surface area contributed by atoms with Crippen molar-refractivity contribution in [3.63, 3.8) is 0 Å². The number of halogens is 1. The minimum Gasteiger partial charge on any atom is -0.302 e. The van der Waals surface area contributed by atoms with Crippen LogP contribution in [-0.4, -0.2) is 6.29 Å². The van der Waals surface area contributed by atoms with Crippen LogP contribution in [0.5, 0.6) is 0 Å². The molecule has 0 N–H and O–H groups in total. The van der Waals surface area contributed by atoms with Crippen molar-refractivity contribution in [3.05, 3.63) is 82.9 Å². The van der Waals surface area contributed by atoms with Gasteiger partial charge in [0, 0.05) is 10.4 Å². The topological polar surface area (TPSA) is 17.1 Å². The summed E-state index contributed by atoms with van der Waals surface area (Å²) >= 11 is 3.42. The van der Waals surface area contributed by atoms with Crippen LogP contribution in [-0.2, 0) is 10.2 Å². The number of aldehydes is 1. The van der Waals surface area contributed by atoms with Crippen LogP contribution in [0, 0.1) is 0 Å². The fourth-order valence-corrected chi connectivity index (χ4v) is 2.78. The van der Waals surface area contributed by atoms with Crippen molar-refractivity contribution in [1.29, 1.82) is 0 Å².